The van der Waals surface area contributed by atoms with Gasteiger partial charge in [-0.2, -0.15) is 10.1 Å². The number of benzene rings is 2. The fraction of sp³-hybridized carbons (Fsp3) is 0.143. The highest BCUT2D eigenvalue weighted by atomic mass is 32.2. The lowest BCUT2D eigenvalue weighted by Crippen LogP contribution is -2.12. The van der Waals surface area contributed by atoms with E-state index >= 15 is 0 Å². The molecule has 140 valence electrons. The number of rotatable bonds is 4. The molecule has 0 aliphatic carbocycles. The van der Waals surface area contributed by atoms with Gasteiger partial charge in [-0.15, -0.1) is 11.8 Å². The molecular weight excluding hydrogens is 372 g/mol. The molecule has 0 unspecified atom stereocenters. The maximum absolute atomic E-state index is 12.4. The molecular formula is C21H18N4O2S. The Bertz CT molecular complexity index is 1210. The van der Waals surface area contributed by atoms with Crippen molar-refractivity contribution in [1.29, 1.82) is 0 Å². The Morgan fingerprint density at radius 2 is 1.89 bits per heavy atom. The normalized spacial score (nSPS) is 11.0. The van der Waals surface area contributed by atoms with Crippen molar-refractivity contribution in [1.82, 2.24) is 19.9 Å². The molecule has 0 atom stereocenters. The van der Waals surface area contributed by atoms with E-state index in [2.05, 4.69) is 15.2 Å². The van der Waals surface area contributed by atoms with Crippen LogP contribution >= 0.6 is 11.8 Å². The Hall–Kier alpha value is -3.19. The molecule has 0 spiro atoms. The lowest BCUT2D eigenvalue weighted by molar-refractivity contribution is 0.429. The number of thioether (sulfide) groups is 1. The predicted molar refractivity (Wildman–Crippen MR) is 110 cm³/mol. The molecule has 0 saturated carbocycles. The second kappa shape index (κ2) is 7.44. The standard InChI is InChI=1S/C21H18N4O2S/c1-13-7-8-15(11-14(13)2)20-22-21(27-24-20)19-18(26)9-10-25(23-19)16-5-4-6-17(12-16)28-3/h4-12H,1-3H3. The van der Waals surface area contributed by atoms with Crippen molar-refractivity contribution in [3.63, 3.8) is 0 Å². The fourth-order valence-corrected chi connectivity index (χ4v) is 3.22. The van der Waals surface area contributed by atoms with Crippen LogP contribution < -0.4 is 5.43 Å². The summed E-state index contributed by atoms with van der Waals surface area (Å²) < 4.78 is 6.99. The van der Waals surface area contributed by atoms with Crippen molar-refractivity contribution in [2.75, 3.05) is 6.26 Å². The summed E-state index contributed by atoms with van der Waals surface area (Å²) >= 11 is 1.64. The Kier molecular flexibility index (Phi) is 4.83. The topological polar surface area (TPSA) is 73.8 Å². The van der Waals surface area contributed by atoms with Gasteiger partial charge in [0.1, 0.15) is 0 Å². The van der Waals surface area contributed by atoms with Crippen LogP contribution in [0.25, 0.3) is 28.7 Å². The molecule has 0 radical (unpaired) electrons. The molecule has 2 heterocycles. The molecule has 2 aromatic heterocycles. The van der Waals surface area contributed by atoms with Gasteiger partial charge < -0.3 is 4.52 Å². The van der Waals surface area contributed by atoms with Gasteiger partial charge in [-0.25, -0.2) is 4.68 Å². The molecule has 7 heteroatoms. The molecule has 0 amide bonds. The first-order valence-corrected chi connectivity index (χ1v) is 9.94. The zero-order valence-corrected chi connectivity index (χ0v) is 16.5. The number of aromatic nitrogens is 4. The summed E-state index contributed by atoms with van der Waals surface area (Å²) in [5.74, 6) is 0.535. The quantitative estimate of drug-likeness (QED) is 0.484. The van der Waals surface area contributed by atoms with E-state index in [-0.39, 0.29) is 17.0 Å². The summed E-state index contributed by atoms with van der Waals surface area (Å²) in [6.07, 6.45) is 3.64. The Labute approximate surface area is 166 Å². The summed E-state index contributed by atoms with van der Waals surface area (Å²) in [4.78, 5) is 17.9. The zero-order valence-electron chi connectivity index (χ0n) is 15.7. The predicted octanol–water partition coefficient (Wildman–Crippen LogP) is 4.29. The first kappa shape index (κ1) is 18.2. The zero-order chi connectivity index (χ0) is 19.7. The van der Waals surface area contributed by atoms with Gasteiger partial charge in [-0.05, 0) is 55.5 Å². The van der Waals surface area contributed by atoms with E-state index in [4.69, 9.17) is 4.52 Å². The van der Waals surface area contributed by atoms with Crippen molar-refractivity contribution in [2.45, 2.75) is 18.7 Å². The van der Waals surface area contributed by atoms with Gasteiger partial charge in [0.25, 0.3) is 5.89 Å². The minimum Gasteiger partial charge on any atom is -0.332 e. The molecule has 0 bridgehead atoms. The summed E-state index contributed by atoms with van der Waals surface area (Å²) in [6.45, 7) is 4.07. The van der Waals surface area contributed by atoms with E-state index in [0.717, 1.165) is 21.7 Å². The summed E-state index contributed by atoms with van der Waals surface area (Å²) in [5.41, 5.74) is 3.86. The molecule has 0 fully saturated rings. The van der Waals surface area contributed by atoms with Crippen LogP contribution in [0.15, 0.2) is 68.9 Å². The molecule has 6 nitrogen and oxygen atoms in total. The minimum atomic E-state index is -0.271. The number of nitrogens with zero attached hydrogens (tertiary/aromatic N) is 4. The fourth-order valence-electron chi connectivity index (χ4n) is 2.77. The molecule has 0 aliphatic heterocycles. The third-order valence-corrected chi connectivity index (χ3v) is 5.25. The van der Waals surface area contributed by atoms with Gasteiger partial charge in [-0.3, -0.25) is 4.79 Å². The Balaban J connectivity index is 1.74. The van der Waals surface area contributed by atoms with Crippen LogP contribution in [0.5, 0.6) is 0 Å². The molecule has 0 saturated heterocycles. The molecule has 4 rings (SSSR count). The summed E-state index contributed by atoms with van der Waals surface area (Å²) in [5, 5.41) is 8.45. The van der Waals surface area contributed by atoms with E-state index in [1.54, 1.807) is 22.6 Å². The smallest absolute Gasteiger partial charge is 0.282 e. The molecule has 28 heavy (non-hydrogen) atoms. The van der Waals surface area contributed by atoms with Gasteiger partial charge in [0.15, 0.2) is 5.69 Å². The Morgan fingerprint density at radius 1 is 1.04 bits per heavy atom. The van der Waals surface area contributed by atoms with Crippen LogP contribution in [0.3, 0.4) is 0 Å². The largest absolute Gasteiger partial charge is 0.332 e. The van der Waals surface area contributed by atoms with Crippen molar-refractivity contribution in [2.24, 2.45) is 0 Å². The maximum atomic E-state index is 12.4. The summed E-state index contributed by atoms with van der Waals surface area (Å²) in [7, 11) is 0. The van der Waals surface area contributed by atoms with Gasteiger partial charge in [0.2, 0.25) is 11.3 Å². The average Bonchev–Trinajstić information content (AvgIpc) is 3.20. The second-order valence-electron chi connectivity index (χ2n) is 6.40. The lowest BCUT2D eigenvalue weighted by atomic mass is 10.1. The van der Waals surface area contributed by atoms with Crippen LogP contribution in [0, 0.1) is 13.8 Å². The van der Waals surface area contributed by atoms with Gasteiger partial charge >= 0.3 is 0 Å². The average molecular weight is 390 g/mol. The molecule has 4 aromatic rings. The van der Waals surface area contributed by atoms with E-state index < -0.39 is 0 Å². The molecule has 0 aliphatic rings. The van der Waals surface area contributed by atoms with Crippen LogP contribution in [0.4, 0.5) is 0 Å². The number of aryl methyl sites for hydroxylation is 2. The summed E-state index contributed by atoms with van der Waals surface area (Å²) in [6, 6.07) is 15.3. The van der Waals surface area contributed by atoms with Gasteiger partial charge in [-0.1, -0.05) is 23.4 Å². The third-order valence-electron chi connectivity index (χ3n) is 4.52. The molecule has 0 N–H and O–H groups in total. The van der Waals surface area contributed by atoms with Crippen molar-refractivity contribution in [3.8, 4) is 28.7 Å². The second-order valence-corrected chi connectivity index (χ2v) is 7.28. The number of hydrogen-bond donors (Lipinski definition) is 0. The SMILES string of the molecule is CSc1cccc(-n2ccc(=O)c(-c3nc(-c4ccc(C)c(C)c4)no3)n2)c1. The molecule has 2 aromatic carbocycles. The highest BCUT2D eigenvalue weighted by molar-refractivity contribution is 7.98. The van der Waals surface area contributed by atoms with E-state index in [1.807, 2.05) is 62.6 Å². The van der Waals surface area contributed by atoms with Crippen molar-refractivity contribution < 1.29 is 4.52 Å². The minimum absolute atomic E-state index is 0.105. The highest BCUT2D eigenvalue weighted by Gasteiger charge is 2.16. The van der Waals surface area contributed by atoms with Gasteiger partial charge in [0, 0.05) is 22.7 Å². The highest BCUT2D eigenvalue weighted by Crippen LogP contribution is 2.22. The van der Waals surface area contributed by atoms with Crippen molar-refractivity contribution in [3.05, 3.63) is 76.1 Å². The first-order valence-electron chi connectivity index (χ1n) is 8.71. The first-order chi connectivity index (χ1) is 13.5. The van der Waals surface area contributed by atoms with Crippen LogP contribution in [0.2, 0.25) is 0 Å². The Morgan fingerprint density at radius 3 is 2.68 bits per heavy atom. The monoisotopic (exact) mass is 390 g/mol. The van der Waals surface area contributed by atoms with Crippen LogP contribution in [-0.4, -0.2) is 26.2 Å². The van der Waals surface area contributed by atoms with Gasteiger partial charge in [0.05, 0.1) is 5.69 Å². The third kappa shape index (κ3) is 3.48. The van der Waals surface area contributed by atoms with Crippen LogP contribution in [-0.2, 0) is 0 Å². The lowest BCUT2D eigenvalue weighted by Gasteiger charge is -2.07. The van der Waals surface area contributed by atoms with E-state index in [1.165, 1.54) is 11.6 Å². The number of hydrogen-bond acceptors (Lipinski definition) is 6. The van der Waals surface area contributed by atoms with E-state index in [0.29, 0.717) is 5.82 Å². The van der Waals surface area contributed by atoms with Crippen molar-refractivity contribution >= 4 is 11.8 Å². The van der Waals surface area contributed by atoms with Crippen LogP contribution in [0.1, 0.15) is 11.1 Å². The van der Waals surface area contributed by atoms with E-state index in [9.17, 15) is 4.79 Å². The maximum Gasteiger partial charge on any atom is 0.282 e.